The zero-order chi connectivity index (χ0) is 27.6. The first-order chi connectivity index (χ1) is 19.1. The van der Waals surface area contributed by atoms with Gasteiger partial charge in [-0.15, -0.1) is 0 Å². The van der Waals surface area contributed by atoms with Crippen LogP contribution in [0.4, 0.5) is 11.4 Å². The second-order valence-corrected chi connectivity index (χ2v) is 14.6. The largest absolute Gasteiger partial charge is 0.502 e. The molecule has 2 unspecified atom stereocenters. The molecule has 8 saturated carbocycles. The van der Waals surface area contributed by atoms with Crippen molar-refractivity contribution in [2.24, 2.45) is 46.3 Å². The highest BCUT2D eigenvalue weighted by Crippen LogP contribution is 2.81. The smallest absolute Gasteiger partial charge is 0.310 e. The molecule has 210 valence electrons. The first kappa shape index (κ1) is 24.6. The molecular weight excluding hydrogens is 508 g/mol. The fraction of sp³-hybridized carbons (Fsp3) is 0.625. The molecule has 8 nitrogen and oxygen atoms in total. The molecule has 0 saturated heterocycles. The van der Waals surface area contributed by atoms with Gasteiger partial charge in [0.25, 0.3) is 0 Å². The third-order valence-corrected chi connectivity index (χ3v) is 12.9. The number of benzene rings is 2. The normalized spacial score (nSPS) is 39.9. The van der Waals surface area contributed by atoms with Gasteiger partial charge in [0.1, 0.15) is 0 Å². The van der Waals surface area contributed by atoms with E-state index >= 15 is 0 Å². The van der Waals surface area contributed by atoms with E-state index in [-0.39, 0.29) is 39.6 Å². The SMILES string of the molecule is O=[N+]([O-])c1cc(C2(c3ccc(O)c([N+](=O)[O-])c3)C3CC4CC(C3)CC2(C23CC5CC(CC(C5)C2)C3)C4)ccc1O. The van der Waals surface area contributed by atoms with E-state index < -0.39 is 15.3 Å². The van der Waals surface area contributed by atoms with Gasteiger partial charge in [-0.1, -0.05) is 12.1 Å². The van der Waals surface area contributed by atoms with E-state index in [1.165, 1.54) is 57.1 Å². The number of nitrogens with zero attached hydrogens (tertiary/aromatic N) is 2. The molecule has 0 aliphatic heterocycles. The van der Waals surface area contributed by atoms with Crippen LogP contribution < -0.4 is 0 Å². The molecule has 0 radical (unpaired) electrons. The molecule has 40 heavy (non-hydrogen) atoms. The van der Waals surface area contributed by atoms with Gasteiger partial charge < -0.3 is 10.2 Å². The van der Waals surface area contributed by atoms with Gasteiger partial charge in [-0.3, -0.25) is 20.2 Å². The lowest BCUT2D eigenvalue weighted by atomic mass is 9.27. The molecular formula is C32H36N2O6. The Balaban J connectivity index is 1.46. The van der Waals surface area contributed by atoms with Gasteiger partial charge >= 0.3 is 11.4 Å². The molecule has 2 aromatic carbocycles. The summed E-state index contributed by atoms with van der Waals surface area (Å²) in [5.74, 6) is 2.87. The van der Waals surface area contributed by atoms with Crippen LogP contribution in [0.5, 0.6) is 11.5 Å². The van der Waals surface area contributed by atoms with Crippen LogP contribution in [0, 0.1) is 66.6 Å². The predicted octanol–water partition coefficient (Wildman–Crippen LogP) is 7.24. The topological polar surface area (TPSA) is 127 Å². The average molecular weight is 545 g/mol. The lowest BCUT2D eigenvalue weighted by Gasteiger charge is -2.77. The van der Waals surface area contributed by atoms with Crippen molar-refractivity contribution in [3.63, 3.8) is 0 Å². The standard InChI is InChI=1S/C32H36N2O6/c35-28-3-1-23(11-26(28)33(37)38)32(24-2-4-29(36)27(12-24)34(39)40)25-9-21-8-22(10-25)17-31(32,16-21)30-13-18-5-19(14-30)7-20(6-18)15-30/h1-4,11-12,18-22,25,35-36H,5-10,13-17H2. The Bertz CT molecular complexity index is 1340. The van der Waals surface area contributed by atoms with E-state index in [9.17, 15) is 30.4 Å². The summed E-state index contributed by atoms with van der Waals surface area (Å²) in [5, 5.41) is 45.2. The zero-order valence-electron chi connectivity index (χ0n) is 22.6. The number of phenols is 2. The fourth-order valence-electron chi connectivity index (χ4n) is 12.6. The maximum absolute atomic E-state index is 12.1. The molecule has 0 heterocycles. The monoisotopic (exact) mass is 544 g/mol. The molecule has 10 rings (SSSR count). The quantitative estimate of drug-likeness (QED) is 0.302. The van der Waals surface area contributed by atoms with Crippen molar-refractivity contribution in [2.75, 3.05) is 0 Å². The molecule has 2 N–H and O–H groups in total. The van der Waals surface area contributed by atoms with Crippen LogP contribution >= 0.6 is 0 Å². The Morgan fingerprint density at radius 2 is 1.02 bits per heavy atom. The minimum Gasteiger partial charge on any atom is -0.502 e. The molecule has 8 heteroatoms. The second kappa shape index (κ2) is 7.98. The number of rotatable bonds is 5. The van der Waals surface area contributed by atoms with Crippen molar-refractivity contribution in [2.45, 2.75) is 76.0 Å². The predicted molar refractivity (Wildman–Crippen MR) is 147 cm³/mol. The van der Waals surface area contributed by atoms with Crippen LogP contribution in [-0.4, -0.2) is 20.1 Å². The molecule has 2 aromatic rings. The van der Waals surface area contributed by atoms with E-state index in [4.69, 9.17) is 0 Å². The number of phenolic OH excluding ortho intramolecular Hbond substituents is 2. The molecule has 8 aliphatic rings. The van der Waals surface area contributed by atoms with E-state index in [2.05, 4.69) is 0 Å². The summed E-state index contributed by atoms with van der Waals surface area (Å²) in [6.45, 7) is 0. The summed E-state index contributed by atoms with van der Waals surface area (Å²) in [6, 6.07) is 9.82. The molecule has 0 aromatic heterocycles. The van der Waals surface area contributed by atoms with Gasteiger partial charge in [-0.2, -0.15) is 0 Å². The van der Waals surface area contributed by atoms with Crippen LogP contribution in [0.3, 0.4) is 0 Å². The third-order valence-electron chi connectivity index (χ3n) is 12.9. The summed E-state index contributed by atoms with van der Waals surface area (Å²) in [6.07, 6.45) is 12.9. The van der Waals surface area contributed by atoms with Gasteiger partial charge in [0.15, 0.2) is 11.5 Å². The van der Waals surface area contributed by atoms with Crippen molar-refractivity contribution in [1.82, 2.24) is 0 Å². The number of hydrogen-bond acceptors (Lipinski definition) is 6. The van der Waals surface area contributed by atoms with Crippen LogP contribution in [0.15, 0.2) is 36.4 Å². The lowest BCUT2D eigenvalue weighted by Crippen LogP contribution is -2.71. The van der Waals surface area contributed by atoms with Gasteiger partial charge in [-0.25, -0.2) is 0 Å². The first-order valence-electron chi connectivity index (χ1n) is 15.1. The van der Waals surface area contributed by atoms with E-state index in [0.29, 0.717) is 11.8 Å². The second-order valence-electron chi connectivity index (χ2n) is 14.6. The Morgan fingerprint density at radius 3 is 1.43 bits per heavy atom. The molecule has 8 bridgehead atoms. The Labute approximate surface area is 233 Å². The van der Waals surface area contributed by atoms with Crippen molar-refractivity contribution in [3.8, 4) is 11.5 Å². The summed E-state index contributed by atoms with van der Waals surface area (Å²) in [5.41, 5.74) is 0.271. The average Bonchev–Trinajstić information content (AvgIpc) is 2.88. The Hall–Kier alpha value is -3.16. The summed E-state index contributed by atoms with van der Waals surface area (Å²) in [4.78, 5) is 23.2. The molecule has 0 spiro atoms. The molecule has 0 amide bonds. The third kappa shape index (κ3) is 2.97. The fourth-order valence-corrected chi connectivity index (χ4v) is 12.6. The van der Waals surface area contributed by atoms with E-state index in [1.807, 2.05) is 12.1 Å². The van der Waals surface area contributed by atoms with Crippen molar-refractivity contribution < 1.29 is 20.1 Å². The first-order valence-corrected chi connectivity index (χ1v) is 15.1. The highest BCUT2D eigenvalue weighted by Gasteiger charge is 2.74. The van der Waals surface area contributed by atoms with Crippen molar-refractivity contribution in [3.05, 3.63) is 67.8 Å². The van der Waals surface area contributed by atoms with Crippen molar-refractivity contribution in [1.29, 1.82) is 0 Å². The minimum absolute atomic E-state index is 0.0943. The number of nitro groups is 2. The maximum Gasteiger partial charge on any atom is 0.310 e. The summed E-state index contributed by atoms with van der Waals surface area (Å²) < 4.78 is 0. The van der Waals surface area contributed by atoms with Gasteiger partial charge in [0.2, 0.25) is 0 Å². The Morgan fingerprint density at radius 1 is 0.625 bits per heavy atom. The Kier molecular flexibility index (Phi) is 4.91. The highest BCUT2D eigenvalue weighted by atomic mass is 16.6. The molecule has 8 fully saturated rings. The lowest BCUT2D eigenvalue weighted by molar-refractivity contribution is -0.386. The zero-order valence-corrected chi connectivity index (χ0v) is 22.6. The van der Waals surface area contributed by atoms with Gasteiger partial charge in [0, 0.05) is 17.5 Å². The summed E-state index contributed by atoms with van der Waals surface area (Å²) >= 11 is 0. The number of hydrogen-bond donors (Lipinski definition) is 2. The van der Waals surface area contributed by atoms with Crippen molar-refractivity contribution >= 4 is 11.4 Å². The van der Waals surface area contributed by atoms with Crippen LogP contribution in [0.25, 0.3) is 0 Å². The van der Waals surface area contributed by atoms with Crippen LogP contribution in [-0.2, 0) is 5.41 Å². The summed E-state index contributed by atoms with van der Waals surface area (Å²) in [7, 11) is 0. The van der Waals surface area contributed by atoms with Gasteiger partial charge in [0.05, 0.1) is 9.85 Å². The van der Waals surface area contributed by atoms with Crippen LogP contribution in [0.2, 0.25) is 0 Å². The van der Waals surface area contributed by atoms with Gasteiger partial charge in [-0.05, 0) is 140 Å². The van der Waals surface area contributed by atoms with Crippen LogP contribution in [0.1, 0.15) is 81.8 Å². The molecule has 2 atom stereocenters. The minimum atomic E-state index is -0.664. The number of nitro benzene ring substituents is 2. The molecule has 8 aliphatic carbocycles. The highest BCUT2D eigenvalue weighted by molar-refractivity contribution is 5.59. The number of aromatic hydroxyl groups is 2. The van der Waals surface area contributed by atoms with E-state index in [0.717, 1.165) is 54.6 Å². The van der Waals surface area contributed by atoms with E-state index in [1.54, 1.807) is 12.1 Å². The maximum atomic E-state index is 12.1.